The number of carbonyl (C=O) groups is 1. The van der Waals surface area contributed by atoms with E-state index in [1.807, 2.05) is 6.92 Å². The summed E-state index contributed by atoms with van der Waals surface area (Å²) in [6, 6.07) is 3.28. The van der Waals surface area contributed by atoms with Crippen LogP contribution in [0.25, 0.3) is 0 Å². The molecular weight excluding hydrogens is 394 g/mol. The Labute approximate surface area is 156 Å². The van der Waals surface area contributed by atoms with E-state index >= 15 is 0 Å². The van der Waals surface area contributed by atoms with Crippen LogP contribution >= 0.6 is 28.1 Å². The van der Waals surface area contributed by atoms with Gasteiger partial charge in [0.15, 0.2) is 16.6 Å². The molecule has 6 nitrogen and oxygen atoms in total. The Bertz CT molecular complexity index is 582. The van der Waals surface area contributed by atoms with Gasteiger partial charge in [-0.2, -0.15) is 0 Å². The Morgan fingerprint density at radius 3 is 2.62 bits per heavy atom. The first-order valence-electron chi connectivity index (χ1n) is 7.73. The molecule has 0 fully saturated rings. The number of carbonyl (C=O) groups excluding carboxylic acids is 1. The van der Waals surface area contributed by atoms with Crippen LogP contribution in [0.2, 0.25) is 0 Å². The molecule has 1 aromatic carbocycles. The van der Waals surface area contributed by atoms with Crippen LogP contribution in [0, 0.1) is 5.92 Å². The molecule has 1 aromatic rings. The van der Waals surface area contributed by atoms with Gasteiger partial charge in [-0.05, 0) is 59.5 Å². The number of hydrogen-bond acceptors (Lipinski definition) is 4. The summed E-state index contributed by atoms with van der Waals surface area (Å²) in [4.78, 5) is 12.2. The largest absolute Gasteiger partial charge is 0.493 e. The number of amides is 1. The molecule has 0 saturated heterocycles. The van der Waals surface area contributed by atoms with Crippen molar-refractivity contribution >= 4 is 39.2 Å². The van der Waals surface area contributed by atoms with E-state index in [0.717, 1.165) is 13.0 Å². The maximum absolute atomic E-state index is 12.2. The molecule has 0 aliphatic rings. The lowest BCUT2D eigenvalue weighted by Crippen LogP contribution is -2.47. The van der Waals surface area contributed by atoms with Crippen LogP contribution in [0.4, 0.5) is 0 Å². The molecule has 0 aliphatic carbocycles. The Morgan fingerprint density at radius 2 is 2.04 bits per heavy atom. The van der Waals surface area contributed by atoms with Gasteiger partial charge in [-0.3, -0.25) is 15.6 Å². The van der Waals surface area contributed by atoms with Crippen molar-refractivity contribution in [2.24, 2.45) is 5.92 Å². The monoisotopic (exact) mass is 417 g/mol. The zero-order chi connectivity index (χ0) is 18.1. The fraction of sp³-hybridized carbons (Fsp3) is 0.500. The first kappa shape index (κ1) is 20.5. The maximum Gasteiger partial charge on any atom is 0.269 e. The van der Waals surface area contributed by atoms with Gasteiger partial charge in [0.05, 0.1) is 18.2 Å². The summed E-state index contributed by atoms with van der Waals surface area (Å²) in [7, 11) is 1.53. The summed E-state index contributed by atoms with van der Waals surface area (Å²) in [5, 5.41) is 3.41. The normalized spacial score (nSPS) is 10.2. The smallest absolute Gasteiger partial charge is 0.269 e. The van der Waals surface area contributed by atoms with E-state index in [0.29, 0.717) is 39.2 Å². The van der Waals surface area contributed by atoms with Crippen molar-refractivity contribution < 1.29 is 14.3 Å². The van der Waals surface area contributed by atoms with E-state index in [2.05, 4.69) is 45.9 Å². The molecule has 8 heteroatoms. The number of methoxy groups -OCH3 is 1. The van der Waals surface area contributed by atoms with Gasteiger partial charge < -0.3 is 14.8 Å². The molecule has 0 heterocycles. The summed E-state index contributed by atoms with van der Waals surface area (Å²) in [6.45, 7) is 7.40. The Morgan fingerprint density at radius 1 is 1.33 bits per heavy atom. The van der Waals surface area contributed by atoms with Crippen LogP contribution in [0.15, 0.2) is 16.6 Å². The molecule has 0 aliphatic heterocycles. The van der Waals surface area contributed by atoms with Gasteiger partial charge >= 0.3 is 0 Å². The number of nitrogens with one attached hydrogen (secondary N) is 3. The Balaban J connectivity index is 2.65. The van der Waals surface area contributed by atoms with Gasteiger partial charge in [-0.25, -0.2) is 0 Å². The quantitative estimate of drug-likeness (QED) is 0.467. The molecule has 0 atom stereocenters. The third kappa shape index (κ3) is 6.52. The van der Waals surface area contributed by atoms with Crippen LogP contribution in [-0.4, -0.2) is 31.3 Å². The van der Waals surface area contributed by atoms with E-state index in [4.69, 9.17) is 21.7 Å². The van der Waals surface area contributed by atoms with Crippen LogP contribution in [0.1, 0.15) is 37.6 Å². The lowest BCUT2D eigenvalue weighted by atomic mass is 10.1. The predicted octanol–water partition coefficient (Wildman–Crippen LogP) is 3.01. The molecule has 0 radical (unpaired) electrons. The second-order valence-electron chi connectivity index (χ2n) is 5.44. The van der Waals surface area contributed by atoms with Crippen molar-refractivity contribution in [1.82, 2.24) is 16.2 Å². The second kappa shape index (κ2) is 10.4. The highest BCUT2D eigenvalue weighted by Gasteiger charge is 2.15. The summed E-state index contributed by atoms with van der Waals surface area (Å²) in [6.07, 6.45) is 0.999. The Kier molecular flexibility index (Phi) is 8.84. The predicted molar refractivity (Wildman–Crippen MR) is 103 cm³/mol. The van der Waals surface area contributed by atoms with Crippen LogP contribution in [0.3, 0.4) is 0 Å². The molecule has 24 heavy (non-hydrogen) atoms. The molecule has 0 spiro atoms. The van der Waals surface area contributed by atoms with E-state index in [-0.39, 0.29) is 5.91 Å². The third-order valence-electron chi connectivity index (χ3n) is 3.08. The zero-order valence-electron chi connectivity index (χ0n) is 14.4. The van der Waals surface area contributed by atoms with Crippen LogP contribution in [0.5, 0.6) is 11.5 Å². The minimum Gasteiger partial charge on any atom is -0.493 e. The van der Waals surface area contributed by atoms with Gasteiger partial charge in [0.25, 0.3) is 5.91 Å². The standard InChI is InChI=1S/C16H24BrN3O3S/c1-5-23-14-12(17)8-11(9-13(14)22-4)15(21)19-20-16(24)18-7-6-10(2)3/h8-10H,5-7H2,1-4H3,(H,19,21)(H2,18,20,24). The molecule has 1 rings (SSSR count). The Hall–Kier alpha value is -1.54. The fourth-order valence-electron chi connectivity index (χ4n) is 1.84. The van der Waals surface area contributed by atoms with Crippen molar-refractivity contribution in [3.8, 4) is 11.5 Å². The maximum atomic E-state index is 12.2. The van der Waals surface area contributed by atoms with Gasteiger partial charge in [0.2, 0.25) is 0 Å². The molecule has 0 aromatic heterocycles. The van der Waals surface area contributed by atoms with Crippen molar-refractivity contribution in [2.45, 2.75) is 27.2 Å². The number of thiocarbonyl (C=S) groups is 1. The molecule has 1 amide bonds. The molecule has 0 saturated carbocycles. The van der Waals surface area contributed by atoms with Gasteiger partial charge in [0, 0.05) is 12.1 Å². The number of hydrogen-bond donors (Lipinski definition) is 3. The van der Waals surface area contributed by atoms with E-state index in [9.17, 15) is 4.79 Å². The number of rotatable bonds is 7. The second-order valence-corrected chi connectivity index (χ2v) is 6.70. The molecule has 0 unspecified atom stereocenters. The first-order valence-corrected chi connectivity index (χ1v) is 8.93. The lowest BCUT2D eigenvalue weighted by Gasteiger charge is -2.15. The third-order valence-corrected chi connectivity index (χ3v) is 3.91. The topological polar surface area (TPSA) is 71.6 Å². The van der Waals surface area contributed by atoms with Gasteiger partial charge in [-0.1, -0.05) is 13.8 Å². The van der Waals surface area contributed by atoms with Crippen molar-refractivity contribution in [1.29, 1.82) is 0 Å². The SMILES string of the molecule is CCOc1c(Br)cc(C(=O)NNC(=S)NCCC(C)C)cc1OC. The lowest BCUT2D eigenvalue weighted by molar-refractivity contribution is 0.0943. The summed E-state index contributed by atoms with van der Waals surface area (Å²) in [5.41, 5.74) is 5.66. The molecular formula is C16H24BrN3O3S. The van der Waals surface area contributed by atoms with E-state index in [1.165, 1.54) is 7.11 Å². The van der Waals surface area contributed by atoms with E-state index < -0.39 is 0 Å². The number of halogens is 1. The number of ether oxygens (including phenoxy) is 2. The van der Waals surface area contributed by atoms with Crippen molar-refractivity contribution in [3.63, 3.8) is 0 Å². The highest BCUT2D eigenvalue weighted by molar-refractivity contribution is 9.10. The summed E-state index contributed by atoms with van der Waals surface area (Å²) < 4.78 is 11.4. The average molecular weight is 418 g/mol. The first-order chi connectivity index (χ1) is 11.4. The van der Waals surface area contributed by atoms with Gasteiger partial charge in [-0.15, -0.1) is 0 Å². The molecule has 0 bridgehead atoms. The van der Waals surface area contributed by atoms with E-state index in [1.54, 1.807) is 12.1 Å². The molecule has 3 N–H and O–H groups in total. The number of benzene rings is 1. The highest BCUT2D eigenvalue weighted by Crippen LogP contribution is 2.36. The zero-order valence-corrected chi connectivity index (χ0v) is 16.8. The average Bonchev–Trinajstić information content (AvgIpc) is 2.53. The molecule has 134 valence electrons. The van der Waals surface area contributed by atoms with Crippen molar-refractivity contribution in [2.75, 3.05) is 20.3 Å². The number of hydrazine groups is 1. The van der Waals surface area contributed by atoms with Gasteiger partial charge in [0.1, 0.15) is 0 Å². The summed E-state index contributed by atoms with van der Waals surface area (Å²) in [5.74, 6) is 1.30. The van der Waals surface area contributed by atoms with Crippen LogP contribution < -0.4 is 25.6 Å². The minimum atomic E-state index is -0.329. The summed E-state index contributed by atoms with van der Waals surface area (Å²) >= 11 is 8.51. The fourth-order valence-corrected chi connectivity index (χ4v) is 2.55. The highest BCUT2D eigenvalue weighted by atomic mass is 79.9. The van der Waals surface area contributed by atoms with Crippen molar-refractivity contribution in [3.05, 3.63) is 22.2 Å². The van der Waals surface area contributed by atoms with Crippen LogP contribution in [-0.2, 0) is 0 Å². The minimum absolute atomic E-state index is 0.329.